The monoisotopic (exact) mass is 337 g/mol. The lowest BCUT2D eigenvalue weighted by Gasteiger charge is -2.26. The molecule has 0 radical (unpaired) electrons. The molecule has 0 fully saturated rings. The Labute approximate surface area is 143 Å². The number of ether oxygens (including phenoxy) is 2. The molecule has 3 N–H and O–H groups in total. The van der Waals surface area contributed by atoms with E-state index < -0.39 is 17.7 Å². The second-order valence-electron chi connectivity index (χ2n) is 6.17. The van der Waals surface area contributed by atoms with Crippen LogP contribution in [0.1, 0.15) is 27.2 Å². The maximum atomic E-state index is 12.1. The highest BCUT2D eigenvalue weighted by atomic mass is 16.6. The Morgan fingerprint density at radius 1 is 1.21 bits per heavy atom. The third-order valence-electron chi connectivity index (χ3n) is 2.82. The van der Waals surface area contributed by atoms with Crippen molar-refractivity contribution in [3.8, 4) is 5.75 Å². The minimum atomic E-state index is -0.703. The van der Waals surface area contributed by atoms with Crippen LogP contribution in [0.5, 0.6) is 5.75 Å². The van der Waals surface area contributed by atoms with Crippen molar-refractivity contribution >= 4 is 12.1 Å². The first-order valence-corrected chi connectivity index (χ1v) is 8.00. The standard InChI is InChI=1S/C17H27N3O4/c1-17(2,3)24-16(22)20(12-10-18)15(21)19-11-7-13-23-14-8-5-4-6-9-14/h4-6,8-9H,7,10-13,18H2,1-3H3,(H,19,21). The minimum absolute atomic E-state index is 0.0985. The molecule has 24 heavy (non-hydrogen) atoms. The van der Waals surface area contributed by atoms with Gasteiger partial charge in [-0.15, -0.1) is 0 Å². The van der Waals surface area contributed by atoms with Gasteiger partial charge in [-0.05, 0) is 39.3 Å². The predicted molar refractivity (Wildman–Crippen MR) is 91.9 cm³/mol. The number of hydrogen-bond donors (Lipinski definition) is 2. The lowest BCUT2D eigenvalue weighted by atomic mass is 10.2. The van der Waals surface area contributed by atoms with Gasteiger partial charge in [0.05, 0.1) is 6.61 Å². The summed E-state index contributed by atoms with van der Waals surface area (Å²) in [6.07, 6.45) is -0.0863. The number of amides is 3. The van der Waals surface area contributed by atoms with Crippen molar-refractivity contribution in [2.75, 3.05) is 26.2 Å². The zero-order valence-corrected chi connectivity index (χ0v) is 14.6. The Hall–Kier alpha value is -2.28. The van der Waals surface area contributed by atoms with Gasteiger partial charge < -0.3 is 20.5 Å². The van der Waals surface area contributed by atoms with E-state index in [0.29, 0.717) is 19.6 Å². The van der Waals surface area contributed by atoms with Crippen molar-refractivity contribution in [1.82, 2.24) is 10.2 Å². The molecular formula is C17H27N3O4. The molecule has 3 amide bonds. The van der Waals surface area contributed by atoms with E-state index in [4.69, 9.17) is 15.2 Å². The van der Waals surface area contributed by atoms with Gasteiger partial charge in [-0.1, -0.05) is 18.2 Å². The molecule has 0 saturated carbocycles. The molecule has 0 unspecified atom stereocenters. The van der Waals surface area contributed by atoms with Gasteiger partial charge in [0.25, 0.3) is 0 Å². The second kappa shape index (κ2) is 9.77. The number of hydrogen-bond acceptors (Lipinski definition) is 5. The zero-order valence-electron chi connectivity index (χ0n) is 14.6. The van der Waals surface area contributed by atoms with Gasteiger partial charge in [-0.25, -0.2) is 14.5 Å². The van der Waals surface area contributed by atoms with Crippen LogP contribution < -0.4 is 15.8 Å². The average molecular weight is 337 g/mol. The molecule has 7 nitrogen and oxygen atoms in total. The van der Waals surface area contributed by atoms with Crippen LogP contribution in [0.15, 0.2) is 30.3 Å². The highest BCUT2D eigenvalue weighted by Crippen LogP contribution is 2.10. The average Bonchev–Trinajstić information content (AvgIpc) is 2.51. The van der Waals surface area contributed by atoms with Gasteiger partial charge in [0.15, 0.2) is 0 Å². The lowest BCUT2D eigenvalue weighted by Crippen LogP contribution is -2.48. The van der Waals surface area contributed by atoms with Gasteiger partial charge in [0, 0.05) is 19.6 Å². The Morgan fingerprint density at radius 2 is 1.88 bits per heavy atom. The van der Waals surface area contributed by atoms with Crippen molar-refractivity contribution in [3.63, 3.8) is 0 Å². The number of benzene rings is 1. The maximum absolute atomic E-state index is 12.1. The molecular weight excluding hydrogens is 310 g/mol. The van der Waals surface area contributed by atoms with Crippen LogP contribution in [-0.4, -0.2) is 48.9 Å². The molecule has 0 aliphatic heterocycles. The molecule has 0 aliphatic rings. The summed E-state index contributed by atoms with van der Waals surface area (Å²) in [7, 11) is 0. The number of nitrogens with zero attached hydrogens (tertiary/aromatic N) is 1. The zero-order chi connectivity index (χ0) is 18.0. The molecule has 0 aromatic heterocycles. The van der Waals surface area contributed by atoms with E-state index in [9.17, 15) is 9.59 Å². The summed E-state index contributed by atoms with van der Waals surface area (Å²) in [4.78, 5) is 25.1. The number of rotatable bonds is 7. The summed E-state index contributed by atoms with van der Waals surface area (Å²) in [6.45, 7) is 6.34. The summed E-state index contributed by atoms with van der Waals surface area (Å²) in [5.41, 5.74) is 4.79. The highest BCUT2D eigenvalue weighted by molar-refractivity contribution is 5.91. The summed E-state index contributed by atoms with van der Waals surface area (Å²) >= 11 is 0. The number of para-hydroxylation sites is 1. The lowest BCUT2D eigenvalue weighted by molar-refractivity contribution is 0.0325. The Balaban J connectivity index is 2.35. The molecule has 1 aromatic rings. The number of carbonyl (C=O) groups is 2. The van der Waals surface area contributed by atoms with Crippen LogP contribution >= 0.6 is 0 Å². The minimum Gasteiger partial charge on any atom is -0.494 e. The Kier molecular flexibility index (Phi) is 8.05. The van der Waals surface area contributed by atoms with E-state index in [2.05, 4.69) is 5.32 Å². The third-order valence-corrected chi connectivity index (χ3v) is 2.82. The fourth-order valence-corrected chi connectivity index (χ4v) is 1.79. The third kappa shape index (κ3) is 7.82. The van der Waals surface area contributed by atoms with Crippen LogP contribution in [0.4, 0.5) is 9.59 Å². The molecule has 0 spiro atoms. The number of nitrogens with two attached hydrogens (primary N) is 1. The number of carbonyl (C=O) groups excluding carboxylic acids is 2. The van der Waals surface area contributed by atoms with E-state index in [-0.39, 0.29) is 13.1 Å². The van der Waals surface area contributed by atoms with Crippen molar-refractivity contribution in [1.29, 1.82) is 0 Å². The molecule has 0 saturated heterocycles. The molecule has 0 atom stereocenters. The molecule has 0 aliphatic carbocycles. The molecule has 1 rings (SSSR count). The predicted octanol–water partition coefficient (Wildman–Crippen LogP) is 2.36. The van der Waals surface area contributed by atoms with Crippen LogP contribution in [0.25, 0.3) is 0 Å². The van der Waals surface area contributed by atoms with Crippen molar-refractivity contribution in [3.05, 3.63) is 30.3 Å². The smallest absolute Gasteiger partial charge is 0.418 e. The van der Waals surface area contributed by atoms with Crippen LogP contribution in [0, 0.1) is 0 Å². The van der Waals surface area contributed by atoms with Crippen molar-refractivity contribution in [2.45, 2.75) is 32.8 Å². The van der Waals surface area contributed by atoms with Crippen LogP contribution in [0.2, 0.25) is 0 Å². The molecule has 134 valence electrons. The van der Waals surface area contributed by atoms with E-state index in [1.807, 2.05) is 30.3 Å². The number of nitrogens with one attached hydrogen (secondary N) is 1. The Bertz CT molecular complexity index is 514. The van der Waals surface area contributed by atoms with Crippen LogP contribution in [-0.2, 0) is 4.74 Å². The van der Waals surface area contributed by atoms with E-state index in [1.165, 1.54) is 0 Å². The maximum Gasteiger partial charge on any atom is 0.418 e. The quantitative estimate of drug-likeness (QED) is 0.745. The summed E-state index contributed by atoms with van der Waals surface area (Å²) < 4.78 is 10.7. The van der Waals surface area contributed by atoms with Crippen LogP contribution in [0.3, 0.4) is 0 Å². The fourth-order valence-electron chi connectivity index (χ4n) is 1.79. The van der Waals surface area contributed by atoms with Gasteiger partial charge in [-0.3, -0.25) is 0 Å². The SMILES string of the molecule is CC(C)(C)OC(=O)N(CCN)C(=O)NCCCOc1ccccc1. The first-order valence-electron chi connectivity index (χ1n) is 8.00. The van der Waals surface area contributed by atoms with E-state index in [1.54, 1.807) is 20.8 Å². The second-order valence-corrected chi connectivity index (χ2v) is 6.17. The summed E-state index contributed by atoms with van der Waals surface area (Å²) in [5.74, 6) is 0.780. The Morgan fingerprint density at radius 3 is 2.46 bits per heavy atom. The molecule has 0 bridgehead atoms. The first kappa shape index (κ1) is 19.8. The summed E-state index contributed by atoms with van der Waals surface area (Å²) in [5, 5.41) is 2.67. The van der Waals surface area contributed by atoms with E-state index >= 15 is 0 Å². The number of urea groups is 1. The summed E-state index contributed by atoms with van der Waals surface area (Å²) in [6, 6.07) is 8.91. The van der Waals surface area contributed by atoms with Crippen molar-refractivity contribution < 1.29 is 19.1 Å². The largest absolute Gasteiger partial charge is 0.494 e. The molecule has 7 heteroatoms. The van der Waals surface area contributed by atoms with Gasteiger partial charge in [0.1, 0.15) is 11.4 Å². The van der Waals surface area contributed by atoms with Crippen molar-refractivity contribution in [2.24, 2.45) is 5.73 Å². The number of imide groups is 1. The molecule has 0 heterocycles. The first-order chi connectivity index (χ1) is 11.3. The van der Waals surface area contributed by atoms with Gasteiger partial charge >= 0.3 is 12.1 Å². The fraction of sp³-hybridized carbons (Fsp3) is 0.529. The molecule has 1 aromatic carbocycles. The highest BCUT2D eigenvalue weighted by Gasteiger charge is 2.26. The van der Waals surface area contributed by atoms with Gasteiger partial charge in [-0.2, -0.15) is 0 Å². The van der Waals surface area contributed by atoms with Gasteiger partial charge in [0.2, 0.25) is 0 Å². The topological polar surface area (TPSA) is 93.9 Å². The van der Waals surface area contributed by atoms with E-state index in [0.717, 1.165) is 10.6 Å². The normalized spacial score (nSPS) is 10.8.